The SMILES string of the molecule is C[C@H](c1ccc(S(=O)(=O)N(C)C)cc1)c1nc(C2CC2)no1. The zero-order valence-electron chi connectivity index (χ0n) is 12.9. The fraction of sp³-hybridized carbons (Fsp3) is 0.467. The van der Waals surface area contributed by atoms with Crippen molar-refractivity contribution in [1.82, 2.24) is 14.4 Å². The first kappa shape index (κ1) is 15.2. The van der Waals surface area contributed by atoms with Crippen LogP contribution >= 0.6 is 0 Å². The Morgan fingerprint density at radius 1 is 1.23 bits per heavy atom. The number of rotatable bonds is 5. The van der Waals surface area contributed by atoms with E-state index in [4.69, 9.17) is 4.52 Å². The van der Waals surface area contributed by atoms with Gasteiger partial charge in [-0.15, -0.1) is 0 Å². The van der Waals surface area contributed by atoms with Crippen molar-refractivity contribution in [3.8, 4) is 0 Å². The Balaban J connectivity index is 1.82. The monoisotopic (exact) mass is 321 g/mol. The first-order chi connectivity index (χ1) is 10.4. The van der Waals surface area contributed by atoms with Crippen LogP contribution < -0.4 is 0 Å². The highest BCUT2D eigenvalue weighted by molar-refractivity contribution is 7.89. The van der Waals surface area contributed by atoms with Crippen molar-refractivity contribution in [2.24, 2.45) is 0 Å². The summed E-state index contributed by atoms with van der Waals surface area (Å²) in [7, 11) is -0.366. The molecule has 0 unspecified atom stereocenters. The van der Waals surface area contributed by atoms with E-state index in [1.165, 1.54) is 18.4 Å². The fourth-order valence-corrected chi connectivity index (χ4v) is 3.11. The highest BCUT2D eigenvalue weighted by Gasteiger charge is 2.30. The summed E-state index contributed by atoms with van der Waals surface area (Å²) >= 11 is 0. The lowest BCUT2D eigenvalue weighted by atomic mass is 10.0. The zero-order chi connectivity index (χ0) is 15.9. The Morgan fingerprint density at radius 2 is 1.86 bits per heavy atom. The second-order valence-corrected chi connectivity index (χ2v) is 8.00. The molecule has 6 nitrogen and oxygen atoms in total. The van der Waals surface area contributed by atoms with Crippen LogP contribution in [0, 0.1) is 0 Å². The van der Waals surface area contributed by atoms with Gasteiger partial charge in [0.25, 0.3) is 0 Å². The smallest absolute Gasteiger partial charge is 0.242 e. The topological polar surface area (TPSA) is 76.3 Å². The molecule has 2 aromatic rings. The predicted molar refractivity (Wildman–Crippen MR) is 81.1 cm³/mol. The molecule has 0 bridgehead atoms. The van der Waals surface area contributed by atoms with Gasteiger partial charge in [0.1, 0.15) is 0 Å². The standard InChI is InChI=1S/C15H19N3O3S/c1-10(15-16-14(17-21-15)12-4-5-12)11-6-8-13(9-7-11)22(19,20)18(2)3/h6-10,12H,4-5H2,1-3H3/t10-/m1/s1. The van der Waals surface area contributed by atoms with Crippen LogP contribution in [0.2, 0.25) is 0 Å². The summed E-state index contributed by atoms with van der Waals surface area (Å²) in [5.74, 6) is 1.76. The maximum absolute atomic E-state index is 12.1. The van der Waals surface area contributed by atoms with Gasteiger partial charge in [0.2, 0.25) is 15.9 Å². The van der Waals surface area contributed by atoms with Crippen LogP contribution in [0.1, 0.15) is 48.9 Å². The first-order valence-electron chi connectivity index (χ1n) is 7.25. The van der Waals surface area contributed by atoms with E-state index in [1.54, 1.807) is 24.3 Å². The molecule has 1 aliphatic rings. The summed E-state index contributed by atoms with van der Waals surface area (Å²) < 4.78 is 30.6. The molecule has 1 aromatic carbocycles. The molecule has 1 saturated carbocycles. The van der Waals surface area contributed by atoms with E-state index >= 15 is 0 Å². The summed E-state index contributed by atoms with van der Waals surface area (Å²) in [6.45, 7) is 1.97. The van der Waals surface area contributed by atoms with E-state index in [9.17, 15) is 8.42 Å². The summed E-state index contributed by atoms with van der Waals surface area (Å²) in [6.07, 6.45) is 2.26. The second kappa shape index (κ2) is 5.48. The number of hydrogen-bond acceptors (Lipinski definition) is 5. The van der Waals surface area contributed by atoms with Crippen molar-refractivity contribution in [2.75, 3.05) is 14.1 Å². The minimum atomic E-state index is -3.40. The molecule has 0 amide bonds. The molecule has 1 atom stereocenters. The minimum absolute atomic E-state index is 0.0592. The van der Waals surface area contributed by atoms with Crippen LogP contribution in [0.25, 0.3) is 0 Å². The van der Waals surface area contributed by atoms with E-state index in [-0.39, 0.29) is 10.8 Å². The number of benzene rings is 1. The summed E-state index contributed by atoms with van der Waals surface area (Å²) in [4.78, 5) is 4.72. The number of sulfonamides is 1. The van der Waals surface area contributed by atoms with Gasteiger partial charge in [-0.2, -0.15) is 4.98 Å². The lowest BCUT2D eigenvalue weighted by Gasteiger charge is -2.12. The minimum Gasteiger partial charge on any atom is -0.339 e. The molecule has 1 heterocycles. The van der Waals surface area contributed by atoms with Crippen LogP contribution in [0.15, 0.2) is 33.7 Å². The molecule has 0 saturated heterocycles. The Kier molecular flexibility index (Phi) is 3.78. The molecule has 1 aliphatic carbocycles. The molecule has 0 spiro atoms. The van der Waals surface area contributed by atoms with Crippen LogP contribution in [0.3, 0.4) is 0 Å². The van der Waals surface area contributed by atoms with Gasteiger partial charge in [-0.1, -0.05) is 17.3 Å². The van der Waals surface area contributed by atoms with E-state index in [0.717, 1.165) is 24.2 Å². The molecule has 1 fully saturated rings. The molecule has 0 N–H and O–H groups in total. The molecule has 22 heavy (non-hydrogen) atoms. The second-order valence-electron chi connectivity index (χ2n) is 5.84. The Morgan fingerprint density at radius 3 is 2.41 bits per heavy atom. The van der Waals surface area contributed by atoms with Crippen molar-refractivity contribution in [1.29, 1.82) is 0 Å². The molecular formula is C15H19N3O3S. The average Bonchev–Trinajstić information content (AvgIpc) is 3.24. The third-order valence-corrected chi connectivity index (χ3v) is 5.76. The van der Waals surface area contributed by atoms with Gasteiger partial charge in [0.15, 0.2) is 5.82 Å². The predicted octanol–water partition coefficient (Wildman–Crippen LogP) is 2.35. The van der Waals surface area contributed by atoms with Gasteiger partial charge in [-0.25, -0.2) is 12.7 Å². The Bertz CT molecular complexity index is 762. The van der Waals surface area contributed by atoms with Gasteiger partial charge < -0.3 is 4.52 Å². The lowest BCUT2D eigenvalue weighted by molar-refractivity contribution is 0.365. The third kappa shape index (κ3) is 2.78. The van der Waals surface area contributed by atoms with Gasteiger partial charge in [-0.3, -0.25) is 0 Å². The molecule has 7 heteroatoms. The van der Waals surface area contributed by atoms with Gasteiger partial charge in [0.05, 0.1) is 10.8 Å². The maximum Gasteiger partial charge on any atom is 0.242 e. The number of aromatic nitrogens is 2. The van der Waals surface area contributed by atoms with E-state index in [1.807, 2.05) is 6.92 Å². The summed E-state index contributed by atoms with van der Waals surface area (Å²) in [6, 6.07) is 6.81. The van der Waals surface area contributed by atoms with Gasteiger partial charge >= 0.3 is 0 Å². The van der Waals surface area contributed by atoms with Crippen molar-refractivity contribution < 1.29 is 12.9 Å². The quantitative estimate of drug-likeness (QED) is 0.845. The third-order valence-electron chi connectivity index (χ3n) is 3.93. The van der Waals surface area contributed by atoms with Gasteiger partial charge in [-0.05, 0) is 37.5 Å². The molecule has 0 radical (unpaired) electrons. The number of hydrogen-bond donors (Lipinski definition) is 0. The Hall–Kier alpha value is -1.73. The zero-order valence-corrected chi connectivity index (χ0v) is 13.7. The lowest BCUT2D eigenvalue weighted by Crippen LogP contribution is -2.22. The number of nitrogens with zero attached hydrogens (tertiary/aromatic N) is 3. The molecule has 118 valence electrons. The van der Waals surface area contributed by atoms with Crippen molar-refractivity contribution in [3.05, 3.63) is 41.5 Å². The molecule has 3 rings (SSSR count). The largest absolute Gasteiger partial charge is 0.339 e. The molecular weight excluding hydrogens is 302 g/mol. The van der Waals surface area contributed by atoms with Crippen LogP contribution in [-0.4, -0.2) is 37.0 Å². The highest BCUT2D eigenvalue weighted by Crippen LogP contribution is 2.38. The van der Waals surface area contributed by atoms with Crippen molar-refractivity contribution in [2.45, 2.75) is 36.5 Å². The van der Waals surface area contributed by atoms with E-state index in [0.29, 0.717) is 11.8 Å². The van der Waals surface area contributed by atoms with E-state index < -0.39 is 10.0 Å². The normalized spacial score (nSPS) is 16.9. The van der Waals surface area contributed by atoms with E-state index in [2.05, 4.69) is 10.1 Å². The van der Waals surface area contributed by atoms with Gasteiger partial charge in [0, 0.05) is 20.0 Å². The summed E-state index contributed by atoms with van der Waals surface area (Å²) in [5.41, 5.74) is 0.948. The Labute approximate surface area is 130 Å². The van der Waals surface area contributed by atoms with Crippen LogP contribution in [-0.2, 0) is 10.0 Å². The van der Waals surface area contributed by atoms with Crippen LogP contribution in [0.5, 0.6) is 0 Å². The maximum atomic E-state index is 12.1. The van der Waals surface area contributed by atoms with Crippen LogP contribution in [0.4, 0.5) is 0 Å². The average molecular weight is 321 g/mol. The first-order valence-corrected chi connectivity index (χ1v) is 8.69. The summed E-state index contributed by atoms with van der Waals surface area (Å²) in [5, 5.41) is 4.02. The fourth-order valence-electron chi connectivity index (χ4n) is 2.21. The highest BCUT2D eigenvalue weighted by atomic mass is 32.2. The van der Waals surface area contributed by atoms with Crippen molar-refractivity contribution >= 4 is 10.0 Å². The molecule has 0 aliphatic heterocycles. The molecule has 1 aromatic heterocycles. The van der Waals surface area contributed by atoms with Crippen molar-refractivity contribution in [3.63, 3.8) is 0 Å².